The number of carboxylic acid groups (broad SMARTS) is 1. The summed E-state index contributed by atoms with van der Waals surface area (Å²) in [6, 6.07) is 1.91. The first-order valence-electron chi connectivity index (χ1n) is 9.49. The molecule has 0 radical (unpaired) electrons. The van der Waals surface area contributed by atoms with E-state index in [0.29, 0.717) is 0 Å². The summed E-state index contributed by atoms with van der Waals surface area (Å²) in [7, 11) is 1.27. The number of nitrogen functional groups attached to an aromatic ring is 1. The molecule has 2 aliphatic rings. The van der Waals surface area contributed by atoms with E-state index in [4.69, 9.17) is 15.3 Å². The van der Waals surface area contributed by atoms with Crippen molar-refractivity contribution in [1.29, 1.82) is 0 Å². The van der Waals surface area contributed by atoms with Crippen molar-refractivity contribution in [3.63, 3.8) is 0 Å². The van der Waals surface area contributed by atoms with Gasteiger partial charge in [0.25, 0.3) is 11.8 Å². The van der Waals surface area contributed by atoms with Gasteiger partial charge in [0.05, 0.1) is 5.75 Å². The molecular formula is C19H18N6O6S2. The predicted molar refractivity (Wildman–Crippen MR) is 118 cm³/mol. The number of anilines is 1. The smallest absolute Gasteiger partial charge is 0.356 e. The average Bonchev–Trinajstić information content (AvgIpc) is 3.25. The normalized spacial score (nSPS) is 20.0. The first-order valence-corrected chi connectivity index (χ1v) is 11.4. The van der Waals surface area contributed by atoms with Crippen LogP contribution >= 0.6 is 23.1 Å². The maximum Gasteiger partial charge on any atom is 0.356 e. The molecule has 172 valence electrons. The van der Waals surface area contributed by atoms with Crippen molar-refractivity contribution < 1.29 is 29.1 Å². The van der Waals surface area contributed by atoms with Crippen LogP contribution in [0.2, 0.25) is 0 Å². The van der Waals surface area contributed by atoms with Crippen LogP contribution in [0.15, 0.2) is 51.4 Å². The van der Waals surface area contributed by atoms with Gasteiger partial charge in [-0.1, -0.05) is 5.16 Å². The number of β-lactam (4-membered cyclic amide) rings is 1. The highest BCUT2D eigenvalue weighted by Gasteiger charge is 2.55. The van der Waals surface area contributed by atoms with Crippen LogP contribution in [0.3, 0.4) is 0 Å². The van der Waals surface area contributed by atoms with E-state index in [0.717, 1.165) is 21.1 Å². The third-order valence-electron chi connectivity index (χ3n) is 4.82. The Labute approximate surface area is 195 Å². The van der Waals surface area contributed by atoms with Gasteiger partial charge in [0, 0.05) is 22.7 Å². The van der Waals surface area contributed by atoms with Gasteiger partial charge in [0.2, 0.25) is 0 Å². The molecule has 0 saturated carbocycles. The van der Waals surface area contributed by atoms with Gasteiger partial charge in [0.15, 0.2) is 16.5 Å². The topological polar surface area (TPSA) is 169 Å². The maximum atomic E-state index is 12.8. The van der Waals surface area contributed by atoms with Crippen LogP contribution in [-0.2, 0) is 24.0 Å². The van der Waals surface area contributed by atoms with E-state index in [9.17, 15) is 19.5 Å². The van der Waals surface area contributed by atoms with Gasteiger partial charge in [-0.2, -0.15) is 0 Å². The van der Waals surface area contributed by atoms with E-state index in [2.05, 4.69) is 20.4 Å². The number of aromatic nitrogens is 2. The lowest BCUT2D eigenvalue weighted by Crippen LogP contribution is -2.73. The number of ether oxygens (including phenoxy) is 1. The number of aliphatic carboxylic acids is 1. The van der Waals surface area contributed by atoms with E-state index in [1.54, 1.807) is 24.5 Å². The summed E-state index contributed by atoms with van der Waals surface area (Å²) in [4.78, 5) is 52.2. The molecule has 1 fully saturated rings. The summed E-state index contributed by atoms with van der Waals surface area (Å²) in [6.07, 6.45) is 3.25. The Kier molecular flexibility index (Phi) is 6.46. The molecule has 33 heavy (non-hydrogen) atoms. The molecule has 2 unspecified atom stereocenters. The number of pyridine rings is 1. The summed E-state index contributed by atoms with van der Waals surface area (Å²) in [5.74, 6) is -2.16. The Morgan fingerprint density at radius 1 is 1.45 bits per heavy atom. The van der Waals surface area contributed by atoms with E-state index >= 15 is 0 Å². The number of hydrogen-bond acceptors (Lipinski definition) is 11. The average molecular weight is 491 g/mol. The number of carbonyl (C=O) groups excluding carboxylic acids is 2. The number of rotatable bonds is 8. The first-order chi connectivity index (χ1) is 15.9. The lowest BCUT2D eigenvalue weighted by Gasteiger charge is -2.49. The fourth-order valence-corrected chi connectivity index (χ4v) is 4.74. The van der Waals surface area contributed by atoms with Crippen LogP contribution in [0.5, 0.6) is 0 Å². The SMILES string of the molecule is CO/N=C(\C(=O)NC1C(=O)N2C(C(=O)O)=C(CSc3ccncc3)OCC12)c1csc(N)n1. The number of amides is 2. The summed E-state index contributed by atoms with van der Waals surface area (Å²) in [5.41, 5.74) is 5.42. The van der Waals surface area contributed by atoms with Crippen LogP contribution in [0.4, 0.5) is 5.13 Å². The molecule has 0 bridgehead atoms. The Hall–Kier alpha value is -3.65. The highest BCUT2D eigenvalue weighted by molar-refractivity contribution is 7.99. The summed E-state index contributed by atoms with van der Waals surface area (Å²) < 4.78 is 5.70. The zero-order chi connectivity index (χ0) is 23.5. The third-order valence-corrected chi connectivity index (χ3v) is 6.51. The maximum absolute atomic E-state index is 12.8. The molecule has 4 heterocycles. The van der Waals surface area contributed by atoms with Gasteiger partial charge in [0.1, 0.15) is 37.3 Å². The van der Waals surface area contributed by atoms with Crippen molar-refractivity contribution in [1.82, 2.24) is 20.2 Å². The van der Waals surface area contributed by atoms with E-state index < -0.39 is 29.9 Å². The van der Waals surface area contributed by atoms with Crippen molar-refractivity contribution in [2.24, 2.45) is 5.16 Å². The minimum atomic E-state index is -1.29. The molecular weight excluding hydrogens is 472 g/mol. The number of hydrogen-bond donors (Lipinski definition) is 3. The van der Waals surface area contributed by atoms with Crippen molar-refractivity contribution in [2.45, 2.75) is 17.0 Å². The van der Waals surface area contributed by atoms with Gasteiger partial charge in [-0.15, -0.1) is 23.1 Å². The Bertz CT molecular complexity index is 1150. The second-order valence-electron chi connectivity index (χ2n) is 6.78. The monoisotopic (exact) mass is 490 g/mol. The molecule has 2 atom stereocenters. The summed E-state index contributed by atoms with van der Waals surface area (Å²) in [5, 5.41) is 17.7. The van der Waals surface area contributed by atoms with Gasteiger partial charge in [-0.25, -0.2) is 9.78 Å². The molecule has 0 aromatic carbocycles. The zero-order valence-electron chi connectivity index (χ0n) is 17.1. The quantitative estimate of drug-likeness (QED) is 0.202. The highest BCUT2D eigenvalue weighted by Crippen LogP contribution is 2.35. The van der Waals surface area contributed by atoms with Crippen molar-refractivity contribution in [3.8, 4) is 0 Å². The largest absolute Gasteiger partial charge is 0.492 e. The van der Waals surface area contributed by atoms with E-state index in [-0.39, 0.29) is 40.4 Å². The lowest BCUT2D eigenvalue weighted by molar-refractivity contribution is -0.160. The molecule has 0 aliphatic carbocycles. The Balaban J connectivity index is 1.49. The van der Waals surface area contributed by atoms with Gasteiger partial charge >= 0.3 is 5.97 Å². The van der Waals surface area contributed by atoms with Crippen LogP contribution in [-0.4, -0.2) is 75.0 Å². The van der Waals surface area contributed by atoms with Crippen molar-refractivity contribution in [2.75, 3.05) is 25.2 Å². The first kappa shape index (κ1) is 22.5. The molecule has 1 saturated heterocycles. The standard InChI is InChI=1S/C19H18N6O6S2/c1-30-24-13(10-7-33-19(20)22-10)16(26)23-14-11-6-31-12(8-32-9-2-4-21-5-3-9)15(18(28)29)25(11)17(14)27/h2-5,7,11,14H,6,8H2,1H3,(H2,20,22)(H,23,26)(H,28,29)/b24-13-. The summed E-state index contributed by atoms with van der Waals surface area (Å²) in [6.45, 7) is 0.0279. The number of carboxylic acids is 1. The molecule has 14 heteroatoms. The molecule has 2 aliphatic heterocycles. The van der Waals surface area contributed by atoms with Crippen molar-refractivity contribution >= 4 is 51.7 Å². The highest BCUT2D eigenvalue weighted by atomic mass is 32.2. The van der Waals surface area contributed by atoms with Crippen LogP contribution in [0.1, 0.15) is 5.69 Å². The second kappa shape index (κ2) is 9.46. The number of nitrogens with zero attached hydrogens (tertiary/aromatic N) is 4. The second-order valence-corrected chi connectivity index (χ2v) is 8.72. The Morgan fingerprint density at radius 2 is 2.21 bits per heavy atom. The predicted octanol–water partition coefficient (Wildman–Crippen LogP) is 0.285. The number of nitrogens with one attached hydrogen (secondary N) is 1. The van der Waals surface area contributed by atoms with Crippen LogP contribution < -0.4 is 11.1 Å². The molecule has 2 aromatic rings. The lowest BCUT2D eigenvalue weighted by atomic mass is 9.92. The van der Waals surface area contributed by atoms with E-state index in [1.807, 2.05) is 0 Å². The Morgan fingerprint density at radius 3 is 2.85 bits per heavy atom. The van der Waals surface area contributed by atoms with Gasteiger partial charge < -0.3 is 25.7 Å². The van der Waals surface area contributed by atoms with Crippen LogP contribution in [0.25, 0.3) is 0 Å². The number of oxime groups is 1. The molecule has 2 aromatic heterocycles. The molecule has 4 N–H and O–H groups in total. The molecule has 12 nitrogen and oxygen atoms in total. The van der Waals surface area contributed by atoms with Crippen molar-refractivity contribution in [3.05, 3.63) is 47.1 Å². The summed E-state index contributed by atoms with van der Waals surface area (Å²) >= 11 is 2.48. The number of carbonyl (C=O) groups is 3. The molecule has 0 spiro atoms. The van der Waals surface area contributed by atoms with Crippen LogP contribution in [0, 0.1) is 0 Å². The zero-order valence-corrected chi connectivity index (χ0v) is 18.8. The minimum absolute atomic E-state index is 0.0279. The number of fused-ring (bicyclic) bond motifs is 1. The van der Waals surface area contributed by atoms with E-state index in [1.165, 1.54) is 24.3 Å². The molecule has 4 rings (SSSR count). The fraction of sp³-hybridized carbons (Fsp3) is 0.263. The minimum Gasteiger partial charge on any atom is -0.492 e. The third kappa shape index (κ3) is 4.47. The molecule has 2 amide bonds. The van der Waals surface area contributed by atoms with Gasteiger partial charge in [-0.3, -0.25) is 19.5 Å². The fourth-order valence-electron chi connectivity index (χ4n) is 3.36. The number of thioether (sulfide) groups is 1. The number of nitrogens with two attached hydrogens (primary N) is 1. The van der Waals surface area contributed by atoms with Gasteiger partial charge in [-0.05, 0) is 12.1 Å². The number of thiazole rings is 1.